The molecule has 0 fully saturated rings. The van der Waals surface area contributed by atoms with Crippen molar-refractivity contribution in [2.75, 3.05) is 0 Å². The molecule has 0 bridgehead atoms. The van der Waals surface area contributed by atoms with Crippen LogP contribution in [-0.2, 0) is 5.33 Å². The van der Waals surface area contributed by atoms with E-state index in [0.717, 1.165) is 5.33 Å². The molecule has 1 rings (SSSR count). The van der Waals surface area contributed by atoms with Gasteiger partial charge in [-0.15, -0.1) is 11.3 Å². The van der Waals surface area contributed by atoms with E-state index < -0.39 is 0 Å². The molecular weight excluding hydrogens is 246 g/mol. The Hall–Kier alpha value is 0.110. The molecule has 0 radical (unpaired) electrons. The Bertz CT molecular complexity index is 278. The van der Waals surface area contributed by atoms with E-state index in [9.17, 15) is 0 Å². The molecule has 0 atom stereocenters. The Morgan fingerprint density at radius 1 is 1.23 bits per heavy atom. The molecule has 74 valence electrons. The van der Waals surface area contributed by atoms with Crippen LogP contribution in [0.2, 0.25) is 0 Å². The fraction of sp³-hybridized carbons (Fsp3) is 0.700. The van der Waals surface area contributed by atoms with Gasteiger partial charge in [0.1, 0.15) is 0 Å². The summed E-state index contributed by atoms with van der Waals surface area (Å²) in [5.41, 5.74) is 1.27. The lowest BCUT2D eigenvalue weighted by Gasteiger charge is -2.01. The summed E-state index contributed by atoms with van der Waals surface area (Å²) in [6, 6.07) is 0. The first-order valence-electron chi connectivity index (χ1n) is 4.61. The van der Waals surface area contributed by atoms with Crippen molar-refractivity contribution in [3.8, 4) is 0 Å². The first-order chi connectivity index (χ1) is 6.06. The molecular formula is C10H16BrNS. The summed E-state index contributed by atoms with van der Waals surface area (Å²) in [5.74, 6) is 1.09. The molecule has 1 heterocycles. The van der Waals surface area contributed by atoms with E-state index in [0.29, 0.717) is 11.8 Å². The van der Waals surface area contributed by atoms with Crippen molar-refractivity contribution in [3.05, 3.63) is 15.6 Å². The molecule has 3 heteroatoms. The molecule has 0 saturated carbocycles. The first-order valence-corrected chi connectivity index (χ1v) is 6.55. The number of aromatic nitrogens is 1. The van der Waals surface area contributed by atoms with Crippen molar-refractivity contribution in [1.29, 1.82) is 0 Å². The zero-order valence-electron chi connectivity index (χ0n) is 8.60. The highest BCUT2D eigenvalue weighted by Crippen LogP contribution is 2.30. The predicted molar refractivity (Wildman–Crippen MR) is 62.9 cm³/mol. The molecule has 0 N–H and O–H groups in total. The smallest absolute Gasteiger partial charge is 0.0956 e. The Morgan fingerprint density at radius 3 is 2.15 bits per heavy atom. The average Bonchev–Trinajstić information content (AvgIpc) is 2.47. The number of alkyl halides is 1. The number of rotatable bonds is 3. The second-order valence-electron chi connectivity index (χ2n) is 3.80. The molecule has 0 unspecified atom stereocenters. The lowest BCUT2D eigenvalue weighted by molar-refractivity contribution is 0.787. The van der Waals surface area contributed by atoms with Crippen LogP contribution in [0.15, 0.2) is 0 Å². The predicted octanol–water partition coefficient (Wildman–Crippen LogP) is 4.28. The van der Waals surface area contributed by atoms with Crippen LogP contribution in [0.5, 0.6) is 0 Å². The van der Waals surface area contributed by atoms with E-state index >= 15 is 0 Å². The summed E-state index contributed by atoms with van der Waals surface area (Å²) in [6.07, 6.45) is 0. The van der Waals surface area contributed by atoms with Crippen molar-refractivity contribution in [3.63, 3.8) is 0 Å². The van der Waals surface area contributed by atoms with Crippen LogP contribution in [-0.4, -0.2) is 4.98 Å². The summed E-state index contributed by atoms with van der Waals surface area (Å²) < 4.78 is 0. The Balaban J connectivity index is 3.04. The van der Waals surface area contributed by atoms with E-state index in [-0.39, 0.29) is 0 Å². The molecule has 0 amide bonds. The van der Waals surface area contributed by atoms with Crippen LogP contribution >= 0.6 is 27.3 Å². The Labute approximate surface area is 92.7 Å². The minimum absolute atomic E-state index is 0.538. The van der Waals surface area contributed by atoms with Gasteiger partial charge >= 0.3 is 0 Å². The lowest BCUT2D eigenvalue weighted by atomic mass is 10.1. The summed E-state index contributed by atoms with van der Waals surface area (Å²) in [6.45, 7) is 8.79. The molecule has 0 aliphatic heterocycles. The Kier molecular flexibility index (Phi) is 3.92. The first kappa shape index (κ1) is 11.2. The Morgan fingerprint density at radius 2 is 1.85 bits per heavy atom. The highest BCUT2D eigenvalue weighted by atomic mass is 79.9. The van der Waals surface area contributed by atoms with E-state index in [1.165, 1.54) is 15.6 Å². The third kappa shape index (κ3) is 2.53. The van der Waals surface area contributed by atoms with Crippen LogP contribution in [0.4, 0.5) is 0 Å². The maximum absolute atomic E-state index is 4.67. The zero-order valence-corrected chi connectivity index (χ0v) is 11.0. The maximum atomic E-state index is 4.67. The summed E-state index contributed by atoms with van der Waals surface area (Å²) in [7, 11) is 0. The van der Waals surface area contributed by atoms with Crippen molar-refractivity contribution in [2.24, 2.45) is 0 Å². The van der Waals surface area contributed by atoms with Gasteiger partial charge < -0.3 is 0 Å². The minimum Gasteiger partial charge on any atom is -0.245 e. The highest BCUT2D eigenvalue weighted by molar-refractivity contribution is 9.08. The molecule has 0 aromatic carbocycles. The van der Waals surface area contributed by atoms with Gasteiger partial charge in [0.25, 0.3) is 0 Å². The quantitative estimate of drug-likeness (QED) is 0.741. The van der Waals surface area contributed by atoms with Crippen molar-refractivity contribution >= 4 is 27.3 Å². The van der Waals surface area contributed by atoms with Crippen molar-refractivity contribution < 1.29 is 0 Å². The van der Waals surface area contributed by atoms with E-state index in [1.54, 1.807) is 0 Å². The molecule has 0 aliphatic rings. The van der Waals surface area contributed by atoms with Gasteiger partial charge in [-0.25, -0.2) is 4.98 Å². The molecule has 0 aliphatic carbocycles. The number of hydrogen-bond acceptors (Lipinski definition) is 2. The van der Waals surface area contributed by atoms with Gasteiger partial charge in [-0.05, 0) is 5.92 Å². The monoisotopic (exact) mass is 261 g/mol. The highest BCUT2D eigenvalue weighted by Gasteiger charge is 2.14. The third-order valence-electron chi connectivity index (χ3n) is 1.91. The number of nitrogens with zero attached hydrogens (tertiary/aromatic N) is 1. The van der Waals surface area contributed by atoms with Gasteiger partial charge in [0.2, 0.25) is 0 Å². The van der Waals surface area contributed by atoms with Crippen molar-refractivity contribution in [1.82, 2.24) is 4.98 Å². The molecule has 1 aromatic heterocycles. The van der Waals surface area contributed by atoms with Crippen LogP contribution < -0.4 is 0 Å². The van der Waals surface area contributed by atoms with E-state index in [2.05, 4.69) is 48.6 Å². The molecule has 1 aromatic rings. The second-order valence-corrected chi connectivity index (χ2v) is 5.48. The minimum atomic E-state index is 0.538. The summed E-state index contributed by atoms with van der Waals surface area (Å²) in [4.78, 5) is 6.06. The third-order valence-corrected chi connectivity index (χ3v) is 4.21. The molecule has 13 heavy (non-hydrogen) atoms. The summed E-state index contributed by atoms with van der Waals surface area (Å²) >= 11 is 5.35. The fourth-order valence-corrected chi connectivity index (χ4v) is 2.88. The van der Waals surface area contributed by atoms with Crippen LogP contribution in [0.3, 0.4) is 0 Å². The van der Waals surface area contributed by atoms with Gasteiger partial charge in [0, 0.05) is 16.1 Å². The van der Waals surface area contributed by atoms with Crippen molar-refractivity contribution in [2.45, 2.75) is 44.9 Å². The van der Waals surface area contributed by atoms with E-state index in [1.807, 2.05) is 11.3 Å². The van der Waals surface area contributed by atoms with E-state index in [4.69, 9.17) is 0 Å². The standard InChI is InChI=1S/C10H16BrNS/c1-6(2)9-8(5-11)13-10(12-9)7(3)4/h6-7H,5H2,1-4H3. The van der Waals surface area contributed by atoms with Crippen LogP contribution in [0, 0.1) is 0 Å². The lowest BCUT2D eigenvalue weighted by Crippen LogP contribution is -1.92. The van der Waals surface area contributed by atoms with Gasteiger partial charge in [0.05, 0.1) is 10.7 Å². The van der Waals surface area contributed by atoms with Gasteiger partial charge in [-0.3, -0.25) is 0 Å². The number of thiazole rings is 1. The summed E-state index contributed by atoms with van der Waals surface area (Å²) in [5, 5.41) is 2.20. The molecule has 0 saturated heterocycles. The second kappa shape index (κ2) is 4.56. The van der Waals surface area contributed by atoms with Gasteiger partial charge in [-0.2, -0.15) is 0 Å². The van der Waals surface area contributed by atoms with Gasteiger partial charge in [0.15, 0.2) is 0 Å². The normalized spacial score (nSPS) is 11.6. The SMILES string of the molecule is CC(C)c1nc(C(C)C)c(CBr)s1. The van der Waals surface area contributed by atoms with Crippen LogP contribution in [0.1, 0.15) is 55.1 Å². The maximum Gasteiger partial charge on any atom is 0.0956 e. The number of hydrogen-bond donors (Lipinski definition) is 0. The molecule has 1 nitrogen and oxygen atoms in total. The topological polar surface area (TPSA) is 12.9 Å². The number of halogens is 1. The zero-order chi connectivity index (χ0) is 10.0. The van der Waals surface area contributed by atoms with Crippen LogP contribution in [0.25, 0.3) is 0 Å². The van der Waals surface area contributed by atoms with Gasteiger partial charge in [-0.1, -0.05) is 43.6 Å². The fourth-order valence-electron chi connectivity index (χ4n) is 1.18. The average molecular weight is 262 g/mol. The largest absolute Gasteiger partial charge is 0.245 e. The molecule has 0 spiro atoms.